The molecule has 5 rings (SSSR count). The van der Waals surface area contributed by atoms with Crippen molar-refractivity contribution in [1.82, 2.24) is 19.3 Å². The van der Waals surface area contributed by atoms with E-state index in [9.17, 15) is 14.7 Å². The molecular weight excluding hydrogens is 440 g/mol. The summed E-state index contributed by atoms with van der Waals surface area (Å²) in [7, 11) is 0. The van der Waals surface area contributed by atoms with Gasteiger partial charge in [0.05, 0.1) is 27.8 Å². The molecule has 2 aromatic heterocycles. The van der Waals surface area contributed by atoms with Crippen LogP contribution in [0.2, 0.25) is 5.15 Å². The number of hydrogen-bond donors (Lipinski definition) is 1. The molecule has 0 unspecified atom stereocenters. The summed E-state index contributed by atoms with van der Waals surface area (Å²) in [6.45, 7) is 6.46. The molecule has 0 spiro atoms. The van der Waals surface area contributed by atoms with E-state index in [1.54, 1.807) is 9.25 Å². The van der Waals surface area contributed by atoms with Crippen molar-refractivity contribution in [3.05, 3.63) is 85.7 Å². The first-order chi connectivity index (χ1) is 15.7. The van der Waals surface area contributed by atoms with Crippen molar-refractivity contribution in [3.63, 3.8) is 0 Å². The summed E-state index contributed by atoms with van der Waals surface area (Å²) in [5.74, 6) is -0.527. The Kier molecular flexibility index (Phi) is 4.94. The normalized spacial score (nSPS) is 14.2. The number of aryl methyl sites for hydroxylation is 3. The van der Waals surface area contributed by atoms with Gasteiger partial charge in [0, 0.05) is 12.1 Å². The van der Waals surface area contributed by atoms with Gasteiger partial charge in [-0.2, -0.15) is 5.10 Å². The smallest absolute Gasteiger partial charge is 0.335 e. The largest absolute Gasteiger partial charge is 0.478 e. The second kappa shape index (κ2) is 7.71. The lowest BCUT2D eigenvalue weighted by Gasteiger charge is -2.08. The molecule has 0 radical (unpaired) electrons. The molecule has 1 aliphatic heterocycles. The van der Waals surface area contributed by atoms with Gasteiger partial charge in [-0.15, -0.1) is 0 Å². The van der Waals surface area contributed by atoms with Gasteiger partial charge >= 0.3 is 5.97 Å². The zero-order valence-electron chi connectivity index (χ0n) is 18.4. The van der Waals surface area contributed by atoms with Crippen molar-refractivity contribution in [1.29, 1.82) is 0 Å². The quantitative estimate of drug-likeness (QED) is 0.474. The number of fused-ring (bicyclic) bond motifs is 2. The summed E-state index contributed by atoms with van der Waals surface area (Å²) in [5.41, 5.74) is 5.82. The summed E-state index contributed by atoms with van der Waals surface area (Å²) in [6.07, 6.45) is 2.55. The molecule has 2 aromatic carbocycles. The summed E-state index contributed by atoms with van der Waals surface area (Å²) in [4.78, 5) is 29.0. The Bertz CT molecular complexity index is 1560. The van der Waals surface area contributed by atoms with Crippen molar-refractivity contribution in [2.45, 2.75) is 33.7 Å². The van der Waals surface area contributed by atoms with Crippen LogP contribution in [0.25, 0.3) is 28.2 Å². The van der Waals surface area contributed by atoms with Crippen molar-refractivity contribution in [2.75, 3.05) is 0 Å². The lowest BCUT2D eigenvalue weighted by Crippen LogP contribution is -2.21. The number of hydrogen-bond acceptors (Lipinski definition) is 4. The number of rotatable bonds is 3. The molecule has 33 heavy (non-hydrogen) atoms. The summed E-state index contributed by atoms with van der Waals surface area (Å²) in [5, 5.41) is 14.8. The number of carbonyl (C=O) groups is 1. The van der Waals surface area contributed by atoms with E-state index in [0.717, 1.165) is 33.6 Å². The molecular formula is C25H21ClN4O3. The first-order valence-electron chi connectivity index (χ1n) is 10.6. The lowest BCUT2D eigenvalue weighted by atomic mass is 10.1. The van der Waals surface area contributed by atoms with E-state index >= 15 is 0 Å². The van der Waals surface area contributed by atoms with E-state index < -0.39 is 5.97 Å². The highest BCUT2D eigenvalue weighted by molar-refractivity contribution is 6.31. The van der Waals surface area contributed by atoms with Crippen molar-refractivity contribution in [3.8, 4) is 5.69 Å². The van der Waals surface area contributed by atoms with E-state index in [1.807, 2.05) is 39.0 Å². The number of allylic oxidation sites excluding steroid dienone is 1. The predicted octanol–water partition coefficient (Wildman–Crippen LogP) is 4.80. The average Bonchev–Trinajstić information content (AvgIpc) is 3.30. The maximum atomic E-state index is 13.0. The Morgan fingerprint density at radius 1 is 1.15 bits per heavy atom. The van der Waals surface area contributed by atoms with E-state index in [-0.39, 0.29) is 11.1 Å². The fourth-order valence-corrected chi connectivity index (χ4v) is 4.66. The fraction of sp³-hybridized carbons (Fsp3) is 0.200. The number of aromatic nitrogens is 4. The minimum atomic E-state index is -1.06. The van der Waals surface area contributed by atoms with Gasteiger partial charge in [-0.3, -0.25) is 9.36 Å². The van der Waals surface area contributed by atoms with Crippen LogP contribution >= 0.6 is 11.6 Å². The topological polar surface area (TPSA) is 90.0 Å². The SMILES string of the molecule is Cc1ccc(-n2nc(C)c(/C=C3\CCn4c3nc3cc(C(=O)O)ccc3c4=O)c2Cl)c(C)c1. The molecule has 0 saturated carbocycles. The van der Waals surface area contributed by atoms with E-state index in [1.165, 1.54) is 18.2 Å². The van der Waals surface area contributed by atoms with Crippen molar-refractivity contribution in [2.24, 2.45) is 0 Å². The third kappa shape index (κ3) is 3.45. The van der Waals surface area contributed by atoms with Crippen LogP contribution in [0.4, 0.5) is 0 Å². The third-order valence-electron chi connectivity index (χ3n) is 6.04. The zero-order valence-corrected chi connectivity index (χ0v) is 19.1. The second-order valence-electron chi connectivity index (χ2n) is 8.34. The molecule has 1 N–H and O–H groups in total. The van der Waals surface area contributed by atoms with E-state index in [0.29, 0.717) is 34.8 Å². The molecule has 0 aliphatic carbocycles. The van der Waals surface area contributed by atoms with Crippen LogP contribution in [0.3, 0.4) is 0 Å². The van der Waals surface area contributed by atoms with Crippen LogP contribution < -0.4 is 5.56 Å². The Labute approximate surface area is 194 Å². The van der Waals surface area contributed by atoms with Gasteiger partial charge in [0.2, 0.25) is 0 Å². The monoisotopic (exact) mass is 460 g/mol. The van der Waals surface area contributed by atoms with Gasteiger partial charge in [0.25, 0.3) is 5.56 Å². The molecule has 0 amide bonds. The zero-order chi connectivity index (χ0) is 23.4. The highest BCUT2D eigenvalue weighted by Crippen LogP contribution is 2.32. The maximum absolute atomic E-state index is 13.0. The molecule has 0 atom stereocenters. The van der Waals surface area contributed by atoms with E-state index in [2.05, 4.69) is 16.1 Å². The van der Waals surface area contributed by atoms with Crippen LogP contribution in [0.15, 0.2) is 41.2 Å². The molecule has 0 fully saturated rings. The summed E-state index contributed by atoms with van der Waals surface area (Å²) >= 11 is 6.77. The molecule has 0 bridgehead atoms. The maximum Gasteiger partial charge on any atom is 0.335 e. The number of carboxylic acids is 1. The summed E-state index contributed by atoms with van der Waals surface area (Å²) in [6, 6.07) is 10.5. The minimum absolute atomic E-state index is 0.0940. The highest BCUT2D eigenvalue weighted by Gasteiger charge is 2.23. The number of nitrogens with zero attached hydrogens (tertiary/aromatic N) is 4. The average molecular weight is 461 g/mol. The molecule has 166 valence electrons. The van der Waals surface area contributed by atoms with Crippen LogP contribution in [-0.4, -0.2) is 30.4 Å². The molecule has 7 nitrogen and oxygen atoms in total. The van der Waals surface area contributed by atoms with Gasteiger partial charge in [0.15, 0.2) is 0 Å². The first-order valence-corrected chi connectivity index (χ1v) is 10.9. The minimum Gasteiger partial charge on any atom is -0.478 e. The standard InChI is InChI=1S/C25H21ClN4O3/c1-13-4-7-21(14(2)10-13)30-22(26)19(15(3)28-30)11-16-8-9-29-23(16)27-20-12-17(25(32)33)5-6-18(20)24(29)31/h4-7,10-12H,8-9H2,1-3H3,(H,32,33)/b16-11+. The fourth-order valence-electron chi connectivity index (χ4n) is 4.34. The number of carboxylic acid groups (broad SMARTS) is 1. The Morgan fingerprint density at radius 2 is 1.94 bits per heavy atom. The van der Waals surface area contributed by atoms with Crippen LogP contribution in [0.1, 0.15) is 45.0 Å². The number of halogens is 1. The van der Waals surface area contributed by atoms with Gasteiger partial charge in [-0.05, 0) is 68.7 Å². The molecule has 3 heterocycles. The molecule has 0 saturated heterocycles. The second-order valence-corrected chi connectivity index (χ2v) is 8.70. The predicted molar refractivity (Wildman–Crippen MR) is 128 cm³/mol. The molecule has 4 aromatic rings. The van der Waals surface area contributed by atoms with Crippen molar-refractivity contribution >= 4 is 40.1 Å². The third-order valence-corrected chi connectivity index (χ3v) is 6.40. The van der Waals surface area contributed by atoms with Crippen LogP contribution in [0.5, 0.6) is 0 Å². The van der Waals surface area contributed by atoms with Crippen LogP contribution in [0, 0.1) is 20.8 Å². The van der Waals surface area contributed by atoms with E-state index in [4.69, 9.17) is 11.6 Å². The van der Waals surface area contributed by atoms with Crippen LogP contribution in [-0.2, 0) is 6.54 Å². The molecule has 8 heteroatoms. The summed E-state index contributed by atoms with van der Waals surface area (Å²) < 4.78 is 3.36. The Morgan fingerprint density at radius 3 is 2.67 bits per heavy atom. The number of benzene rings is 2. The van der Waals surface area contributed by atoms with Gasteiger partial charge in [0.1, 0.15) is 11.0 Å². The molecule has 1 aliphatic rings. The highest BCUT2D eigenvalue weighted by atomic mass is 35.5. The van der Waals surface area contributed by atoms with Crippen molar-refractivity contribution < 1.29 is 9.90 Å². The Hall–Kier alpha value is -3.71. The van der Waals surface area contributed by atoms with Gasteiger partial charge in [-0.25, -0.2) is 14.5 Å². The van der Waals surface area contributed by atoms with Gasteiger partial charge < -0.3 is 5.11 Å². The first kappa shape index (κ1) is 21.2. The lowest BCUT2D eigenvalue weighted by molar-refractivity contribution is 0.0697. The van der Waals surface area contributed by atoms with Gasteiger partial charge in [-0.1, -0.05) is 29.3 Å². The number of aromatic carboxylic acids is 1. The Balaban J connectivity index is 1.64.